The number of carbonyl (C=O) groups excluding carboxylic acids is 1. The zero-order chi connectivity index (χ0) is 21.2. The van der Waals surface area contributed by atoms with Gasteiger partial charge in [0.15, 0.2) is 5.69 Å². The number of aromatic nitrogens is 3. The van der Waals surface area contributed by atoms with E-state index in [2.05, 4.69) is 42.5 Å². The highest BCUT2D eigenvalue weighted by molar-refractivity contribution is 6.03. The van der Waals surface area contributed by atoms with E-state index < -0.39 is 0 Å². The van der Waals surface area contributed by atoms with Gasteiger partial charge in [-0.25, -0.2) is 4.68 Å². The Balaban J connectivity index is 1.91. The maximum atomic E-state index is 12.8. The summed E-state index contributed by atoms with van der Waals surface area (Å²) < 4.78 is 12.3. The first-order chi connectivity index (χ1) is 13.7. The molecule has 0 aliphatic heterocycles. The van der Waals surface area contributed by atoms with E-state index in [1.165, 1.54) is 0 Å². The lowest BCUT2D eigenvalue weighted by Gasteiger charge is -2.19. The average Bonchev–Trinajstić information content (AvgIpc) is 3.08. The average molecular weight is 393 g/mol. The highest BCUT2D eigenvalue weighted by Gasteiger charge is 2.21. The largest absolute Gasteiger partial charge is 0.497 e. The topological polar surface area (TPSA) is 78.3 Å². The summed E-state index contributed by atoms with van der Waals surface area (Å²) in [4.78, 5) is 12.8. The van der Waals surface area contributed by atoms with Crippen LogP contribution >= 0.6 is 0 Å². The number of carbonyl (C=O) groups is 1. The molecule has 3 aromatic rings. The van der Waals surface area contributed by atoms with Crippen molar-refractivity contribution in [3.05, 3.63) is 59.4 Å². The van der Waals surface area contributed by atoms with Crippen molar-refractivity contribution in [2.24, 2.45) is 0 Å². The van der Waals surface area contributed by atoms with Crippen LogP contribution in [0.25, 0.3) is 5.69 Å². The lowest BCUT2D eigenvalue weighted by atomic mass is 9.87. The van der Waals surface area contributed by atoms with Crippen molar-refractivity contribution in [2.75, 3.05) is 19.5 Å². The molecule has 0 saturated heterocycles. The minimum absolute atomic E-state index is 0.0425. The number of ether oxygens (including phenoxy) is 2. The molecule has 0 saturated carbocycles. The Hall–Kier alpha value is -3.35. The molecular weight excluding hydrogens is 368 g/mol. The summed E-state index contributed by atoms with van der Waals surface area (Å²) in [5.41, 5.74) is 3.16. The van der Waals surface area contributed by atoms with Gasteiger partial charge in [-0.1, -0.05) is 32.1 Å². The normalized spacial score (nSPS) is 11.2. The van der Waals surface area contributed by atoms with Gasteiger partial charge in [0.25, 0.3) is 5.91 Å². The van der Waals surface area contributed by atoms with Gasteiger partial charge in [0, 0.05) is 11.8 Å². The Labute approximate surface area is 170 Å². The second kappa shape index (κ2) is 7.95. The lowest BCUT2D eigenvalue weighted by Crippen LogP contribution is -2.16. The highest BCUT2D eigenvalue weighted by atomic mass is 16.5. The first-order valence-electron chi connectivity index (χ1n) is 9.22. The van der Waals surface area contributed by atoms with E-state index in [0.717, 1.165) is 5.56 Å². The number of hydrogen-bond donors (Lipinski definition) is 1. The Kier molecular flexibility index (Phi) is 5.59. The fraction of sp³-hybridized carbons (Fsp3) is 0.318. The van der Waals surface area contributed by atoms with Crippen LogP contribution in [0.2, 0.25) is 0 Å². The van der Waals surface area contributed by atoms with Gasteiger partial charge in [-0.3, -0.25) is 4.79 Å². The zero-order valence-electron chi connectivity index (χ0n) is 17.5. The van der Waals surface area contributed by atoms with Gasteiger partial charge in [0.1, 0.15) is 17.2 Å². The second-order valence-corrected chi connectivity index (χ2v) is 7.69. The summed E-state index contributed by atoms with van der Waals surface area (Å²) in [5, 5.41) is 11.1. The number of nitrogens with one attached hydrogen (secondary N) is 1. The Morgan fingerprint density at radius 2 is 1.90 bits per heavy atom. The van der Waals surface area contributed by atoms with Crippen molar-refractivity contribution in [3.8, 4) is 17.2 Å². The summed E-state index contributed by atoms with van der Waals surface area (Å²) >= 11 is 0. The molecule has 0 fully saturated rings. The summed E-state index contributed by atoms with van der Waals surface area (Å²) in [7, 11) is 3.16. The number of nitrogens with zero attached hydrogens (tertiary/aromatic N) is 3. The standard InChI is InChI=1S/C22H25N4O3/c1-14-20(21(27)23-16-9-7-8-15(12-16)22(2,3)4)24-25-26(14)18-13-17(28-5)10-11-19(18)29-6/h8-13H,1-6H3,(H,23,27). The van der Waals surface area contributed by atoms with Crippen LogP contribution < -0.4 is 14.8 Å². The molecule has 0 spiro atoms. The first kappa shape index (κ1) is 20.4. The molecule has 2 aromatic carbocycles. The monoisotopic (exact) mass is 393 g/mol. The second-order valence-electron chi connectivity index (χ2n) is 7.69. The third-order valence-electron chi connectivity index (χ3n) is 4.64. The quantitative estimate of drug-likeness (QED) is 0.710. The van der Waals surface area contributed by atoms with Crippen molar-refractivity contribution < 1.29 is 14.3 Å². The molecule has 3 rings (SSSR count). The van der Waals surface area contributed by atoms with Crippen LogP contribution in [0.5, 0.6) is 11.5 Å². The fourth-order valence-corrected chi connectivity index (χ4v) is 2.90. The molecule has 0 atom stereocenters. The van der Waals surface area contributed by atoms with Gasteiger partial charge < -0.3 is 14.8 Å². The number of amides is 1. The van der Waals surface area contributed by atoms with Crippen molar-refractivity contribution in [1.29, 1.82) is 0 Å². The summed E-state index contributed by atoms with van der Waals surface area (Å²) in [6.45, 7) is 8.11. The van der Waals surface area contributed by atoms with E-state index in [4.69, 9.17) is 9.47 Å². The lowest BCUT2D eigenvalue weighted by molar-refractivity contribution is 0.102. The molecular formula is C22H25N4O3. The summed E-state index contributed by atoms with van der Waals surface area (Å²) in [6, 6.07) is 14.0. The molecule has 0 bridgehead atoms. The molecule has 1 aromatic heterocycles. The van der Waals surface area contributed by atoms with Crippen LogP contribution in [0.1, 0.15) is 42.5 Å². The maximum absolute atomic E-state index is 12.8. The summed E-state index contributed by atoms with van der Waals surface area (Å²) in [6.07, 6.45) is 0. The van der Waals surface area contributed by atoms with Crippen LogP contribution in [-0.4, -0.2) is 35.1 Å². The predicted octanol–water partition coefficient (Wildman–Crippen LogP) is 3.94. The fourth-order valence-electron chi connectivity index (χ4n) is 2.90. The molecule has 151 valence electrons. The van der Waals surface area contributed by atoms with Crippen LogP contribution in [0.15, 0.2) is 36.4 Å². The van der Waals surface area contributed by atoms with Gasteiger partial charge in [-0.15, -0.1) is 5.10 Å². The Morgan fingerprint density at radius 1 is 1.14 bits per heavy atom. The van der Waals surface area contributed by atoms with Gasteiger partial charge in [-0.2, -0.15) is 0 Å². The molecule has 0 unspecified atom stereocenters. The van der Waals surface area contributed by atoms with Gasteiger partial charge in [0.2, 0.25) is 0 Å². The number of methoxy groups -OCH3 is 2. The van der Waals surface area contributed by atoms with Crippen LogP contribution in [0.3, 0.4) is 0 Å². The number of hydrogen-bond acceptors (Lipinski definition) is 5. The van der Waals surface area contributed by atoms with Gasteiger partial charge in [-0.05, 0) is 48.2 Å². The van der Waals surface area contributed by atoms with E-state index in [1.807, 2.05) is 12.1 Å². The molecule has 1 N–H and O–H groups in total. The van der Waals surface area contributed by atoms with E-state index in [9.17, 15) is 4.79 Å². The van der Waals surface area contributed by atoms with Crippen LogP contribution in [0.4, 0.5) is 5.69 Å². The molecule has 1 amide bonds. The van der Waals surface area contributed by atoms with E-state index in [0.29, 0.717) is 28.6 Å². The Morgan fingerprint density at radius 3 is 2.55 bits per heavy atom. The third-order valence-corrected chi connectivity index (χ3v) is 4.64. The highest BCUT2D eigenvalue weighted by Crippen LogP contribution is 2.29. The molecule has 7 nitrogen and oxygen atoms in total. The van der Waals surface area contributed by atoms with E-state index in [1.54, 1.807) is 50.1 Å². The predicted molar refractivity (Wildman–Crippen MR) is 111 cm³/mol. The first-order valence-corrected chi connectivity index (χ1v) is 9.22. The minimum atomic E-state index is -0.338. The van der Waals surface area contributed by atoms with E-state index >= 15 is 0 Å². The number of rotatable bonds is 5. The molecule has 1 radical (unpaired) electrons. The van der Waals surface area contributed by atoms with Crippen LogP contribution in [0, 0.1) is 13.0 Å². The van der Waals surface area contributed by atoms with Crippen molar-refractivity contribution >= 4 is 11.6 Å². The zero-order valence-corrected chi connectivity index (χ0v) is 17.5. The number of anilines is 1. The molecule has 1 heterocycles. The molecule has 7 heteroatoms. The molecule has 29 heavy (non-hydrogen) atoms. The Bertz CT molecular complexity index is 1030. The SMILES string of the molecule is COc1ccc(OC)c(-n2nnc(C(=O)Nc3c[c]cc(C(C)(C)C)c3)c2C)c1. The van der Waals surface area contributed by atoms with Crippen molar-refractivity contribution in [1.82, 2.24) is 15.0 Å². The van der Waals surface area contributed by atoms with Crippen LogP contribution in [-0.2, 0) is 5.41 Å². The maximum Gasteiger partial charge on any atom is 0.278 e. The van der Waals surface area contributed by atoms with Gasteiger partial charge >= 0.3 is 0 Å². The van der Waals surface area contributed by atoms with Crippen molar-refractivity contribution in [3.63, 3.8) is 0 Å². The minimum Gasteiger partial charge on any atom is -0.497 e. The summed E-state index contributed by atoms with van der Waals surface area (Å²) in [5.74, 6) is 0.907. The third kappa shape index (κ3) is 4.23. The molecule has 0 aliphatic carbocycles. The van der Waals surface area contributed by atoms with Gasteiger partial charge in [0.05, 0.1) is 19.9 Å². The number of benzene rings is 2. The smallest absolute Gasteiger partial charge is 0.278 e. The van der Waals surface area contributed by atoms with Crippen molar-refractivity contribution in [2.45, 2.75) is 33.1 Å². The molecule has 0 aliphatic rings. The van der Waals surface area contributed by atoms with E-state index in [-0.39, 0.29) is 17.0 Å².